The van der Waals surface area contributed by atoms with Crippen molar-refractivity contribution >= 4 is 11.8 Å². The first-order valence-corrected chi connectivity index (χ1v) is 7.02. The second kappa shape index (κ2) is 7.05. The van der Waals surface area contributed by atoms with Gasteiger partial charge in [-0.2, -0.15) is 0 Å². The zero-order valence-electron chi connectivity index (χ0n) is 11.5. The third-order valence-electron chi connectivity index (χ3n) is 3.74. The number of nitrogens with one attached hydrogen (secondary N) is 1. The zero-order valence-corrected chi connectivity index (χ0v) is 11.5. The molecule has 5 nitrogen and oxygen atoms in total. The van der Waals surface area contributed by atoms with Crippen molar-refractivity contribution in [3.63, 3.8) is 0 Å². The van der Waals surface area contributed by atoms with Gasteiger partial charge in [0.15, 0.2) is 0 Å². The average Bonchev–Trinajstić information content (AvgIpc) is 2.53. The number of rotatable bonds is 4. The van der Waals surface area contributed by atoms with Crippen LogP contribution >= 0.6 is 0 Å². The minimum absolute atomic E-state index is 0.0234. The number of likely N-dealkylation sites (tertiary alicyclic amines) is 1. The molecule has 0 saturated carbocycles. The Balaban J connectivity index is 1.77. The summed E-state index contributed by atoms with van der Waals surface area (Å²) in [4.78, 5) is 25.6. The quantitative estimate of drug-likeness (QED) is 0.845. The van der Waals surface area contributed by atoms with Crippen LogP contribution in [-0.2, 0) is 4.79 Å². The predicted molar refractivity (Wildman–Crippen MR) is 77.1 cm³/mol. The Morgan fingerprint density at radius 3 is 2.45 bits per heavy atom. The number of carbonyl (C=O) groups is 2. The van der Waals surface area contributed by atoms with Gasteiger partial charge in [0.2, 0.25) is 5.91 Å². The van der Waals surface area contributed by atoms with Gasteiger partial charge in [-0.15, -0.1) is 0 Å². The summed E-state index contributed by atoms with van der Waals surface area (Å²) in [7, 11) is 0. The monoisotopic (exact) mass is 275 g/mol. The van der Waals surface area contributed by atoms with Gasteiger partial charge >= 0.3 is 0 Å². The third kappa shape index (κ3) is 3.81. The highest BCUT2D eigenvalue weighted by Gasteiger charge is 2.22. The van der Waals surface area contributed by atoms with Crippen molar-refractivity contribution in [2.45, 2.75) is 12.8 Å². The number of nitrogens with zero attached hydrogens (tertiary/aromatic N) is 1. The van der Waals surface area contributed by atoms with Crippen LogP contribution in [0.1, 0.15) is 23.2 Å². The minimum atomic E-state index is -0.212. The molecule has 108 valence electrons. The Kier molecular flexibility index (Phi) is 5.12. The van der Waals surface area contributed by atoms with E-state index in [0.29, 0.717) is 18.0 Å². The maximum absolute atomic E-state index is 12.0. The molecule has 1 saturated heterocycles. The topological polar surface area (TPSA) is 75.4 Å². The number of hydrogen-bond acceptors (Lipinski definition) is 3. The molecule has 0 spiro atoms. The molecular formula is C15H21N3O2. The number of carbonyl (C=O) groups excluding carboxylic acids is 2. The van der Waals surface area contributed by atoms with Gasteiger partial charge in [0.1, 0.15) is 0 Å². The van der Waals surface area contributed by atoms with Crippen LogP contribution in [0.2, 0.25) is 0 Å². The van der Waals surface area contributed by atoms with Gasteiger partial charge in [-0.1, -0.05) is 18.2 Å². The highest BCUT2D eigenvalue weighted by molar-refractivity contribution is 5.96. The molecule has 1 aromatic carbocycles. The first-order valence-electron chi connectivity index (χ1n) is 7.02. The molecule has 0 radical (unpaired) electrons. The number of hydrogen-bond donors (Lipinski definition) is 2. The van der Waals surface area contributed by atoms with Crippen molar-refractivity contribution in [1.82, 2.24) is 10.2 Å². The maximum atomic E-state index is 12.0. The van der Waals surface area contributed by atoms with Gasteiger partial charge in [0.05, 0.1) is 6.54 Å². The lowest BCUT2D eigenvalue weighted by Gasteiger charge is -2.31. The largest absolute Gasteiger partial charge is 0.343 e. The molecule has 3 N–H and O–H groups in total. The van der Waals surface area contributed by atoms with Crippen LogP contribution in [0.4, 0.5) is 0 Å². The van der Waals surface area contributed by atoms with Gasteiger partial charge in [-0.3, -0.25) is 9.59 Å². The lowest BCUT2D eigenvalue weighted by atomic mass is 9.97. The lowest BCUT2D eigenvalue weighted by Crippen LogP contribution is -2.44. The fourth-order valence-corrected chi connectivity index (χ4v) is 2.38. The second-order valence-corrected chi connectivity index (χ2v) is 5.11. The van der Waals surface area contributed by atoms with Crippen molar-refractivity contribution in [2.75, 3.05) is 26.2 Å². The van der Waals surface area contributed by atoms with Crippen molar-refractivity contribution < 1.29 is 9.59 Å². The summed E-state index contributed by atoms with van der Waals surface area (Å²) in [5.41, 5.74) is 6.20. The van der Waals surface area contributed by atoms with Crippen LogP contribution < -0.4 is 11.1 Å². The summed E-state index contributed by atoms with van der Waals surface area (Å²) in [6, 6.07) is 8.91. The third-order valence-corrected chi connectivity index (χ3v) is 3.74. The van der Waals surface area contributed by atoms with Crippen molar-refractivity contribution in [2.24, 2.45) is 11.7 Å². The van der Waals surface area contributed by atoms with Gasteiger partial charge in [-0.25, -0.2) is 0 Å². The van der Waals surface area contributed by atoms with Gasteiger partial charge in [0.25, 0.3) is 5.91 Å². The Morgan fingerprint density at radius 2 is 1.85 bits per heavy atom. The summed E-state index contributed by atoms with van der Waals surface area (Å²) in [5, 5.41) is 2.67. The molecule has 0 atom stereocenters. The molecule has 20 heavy (non-hydrogen) atoms. The minimum Gasteiger partial charge on any atom is -0.343 e. The molecule has 1 aliphatic heterocycles. The molecule has 0 aromatic heterocycles. The summed E-state index contributed by atoms with van der Waals surface area (Å²) in [6.07, 6.45) is 1.91. The Labute approximate surface area is 119 Å². The van der Waals surface area contributed by atoms with Crippen LogP contribution in [0.15, 0.2) is 30.3 Å². The SMILES string of the molecule is NCC1CCN(C(=O)CNC(=O)c2ccccc2)CC1. The van der Waals surface area contributed by atoms with E-state index in [0.717, 1.165) is 25.9 Å². The summed E-state index contributed by atoms with van der Waals surface area (Å²) in [6.45, 7) is 2.22. The van der Waals surface area contributed by atoms with E-state index >= 15 is 0 Å². The van der Waals surface area contributed by atoms with E-state index < -0.39 is 0 Å². The van der Waals surface area contributed by atoms with Crippen molar-refractivity contribution in [3.05, 3.63) is 35.9 Å². The van der Waals surface area contributed by atoms with Crippen molar-refractivity contribution in [1.29, 1.82) is 0 Å². The molecule has 2 rings (SSSR count). The van der Waals surface area contributed by atoms with E-state index in [2.05, 4.69) is 5.32 Å². The average molecular weight is 275 g/mol. The second-order valence-electron chi connectivity index (χ2n) is 5.11. The Hall–Kier alpha value is -1.88. The molecule has 0 unspecified atom stereocenters. The molecule has 0 aliphatic carbocycles. The van der Waals surface area contributed by atoms with Gasteiger partial charge in [-0.05, 0) is 37.4 Å². The van der Waals surface area contributed by atoms with E-state index in [1.807, 2.05) is 6.07 Å². The summed E-state index contributed by atoms with van der Waals surface area (Å²) in [5.74, 6) is 0.290. The Bertz CT molecular complexity index is 453. The van der Waals surface area contributed by atoms with Crippen molar-refractivity contribution in [3.8, 4) is 0 Å². The molecule has 1 heterocycles. The van der Waals surface area contributed by atoms with Crippen LogP contribution in [0, 0.1) is 5.92 Å². The van der Waals surface area contributed by atoms with E-state index in [-0.39, 0.29) is 18.4 Å². The van der Waals surface area contributed by atoms with Gasteiger partial charge in [0, 0.05) is 18.7 Å². The molecule has 0 bridgehead atoms. The molecule has 5 heteroatoms. The zero-order chi connectivity index (χ0) is 14.4. The highest BCUT2D eigenvalue weighted by Crippen LogP contribution is 2.15. The number of nitrogens with two attached hydrogens (primary N) is 1. The van der Waals surface area contributed by atoms with E-state index in [1.54, 1.807) is 29.2 Å². The van der Waals surface area contributed by atoms with E-state index in [1.165, 1.54) is 0 Å². The fourth-order valence-electron chi connectivity index (χ4n) is 2.38. The Morgan fingerprint density at radius 1 is 1.20 bits per heavy atom. The van der Waals surface area contributed by atoms with E-state index in [4.69, 9.17) is 5.73 Å². The maximum Gasteiger partial charge on any atom is 0.251 e. The number of benzene rings is 1. The molecular weight excluding hydrogens is 254 g/mol. The normalized spacial score (nSPS) is 15.9. The molecule has 1 fully saturated rings. The fraction of sp³-hybridized carbons (Fsp3) is 0.467. The lowest BCUT2D eigenvalue weighted by molar-refractivity contribution is -0.131. The van der Waals surface area contributed by atoms with E-state index in [9.17, 15) is 9.59 Å². The molecule has 1 aliphatic rings. The van der Waals surface area contributed by atoms with Crippen LogP contribution in [0.3, 0.4) is 0 Å². The van der Waals surface area contributed by atoms with Crippen LogP contribution in [0.25, 0.3) is 0 Å². The highest BCUT2D eigenvalue weighted by atomic mass is 16.2. The molecule has 2 amide bonds. The standard InChI is InChI=1S/C15H21N3O2/c16-10-12-6-8-18(9-7-12)14(19)11-17-15(20)13-4-2-1-3-5-13/h1-5,12H,6-11,16H2,(H,17,20). The first-order chi connectivity index (χ1) is 9.70. The smallest absolute Gasteiger partial charge is 0.251 e. The number of amides is 2. The first kappa shape index (κ1) is 14.5. The number of piperidine rings is 1. The van der Waals surface area contributed by atoms with Crippen LogP contribution in [0.5, 0.6) is 0 Å². The van der Waals surface area contributed by atoms with Crippen LogP contribution in [-0.4, -0.2) is 42.9 Å². The summed E-state index contributed by atoms with van der Waals surface area (Å²) >= 11 is 0. The van der Waals surface area contributed by atoms with Gasteiger partial charge < -0.3 is 16.0 Å². The predicted octanol–water partition coefficient (Wildman–Crippen LogP) is 0.614. The molecule has 1 aromatic rings. The summed E-state index contributed by atoms with van der Waals surface area (Å²) < 4.78 is 0.